The molecule has 1 aromatic heterocycles. The predicted molar refractivity (Wildman–Crippen MR) is 138 cm³/mol. The highest BCUT2D eigenvalue weighted by atomic mass is 32.2. The second-order valence-electron chi connectivity index (χ2n) is 8.44. The summed E-state index contributed by atoms with van der Waals surface area (Å²) in [6.07, 6.45) is 0. The van der Waals surface area contributed by atoms with Gasteiger partial charge in [-0.25, -0.2) is 14.6 Å². The number of thiazole rings is 1. The molecule has 2 atom stereocenters. The molecule has 0 aliphatic carbocycles. The minimum Gasteiger partial charge on any atom is -0.478 e. The molecule has 2 aromatic rings. The Morgan fingerprint density at radius 1 is 1.27 bits per heavy atom. The smallest absolute Gasteiger partial charge is 0.352 e. The molecule has 1 aromatic carbocycles. The Hall–Kier alpha value is -3.36. The second kappa shape index (κ2) is 10.9. The van der Waals surface area contributed by atoms with Crippen molar-refractivity contribution in [2.45, 2.75) is 35.8 Å². The van der Waals surface area contributed by atoms with Crippen molar-refractivity contribution in [2.75, 3.05) is 11.5 Å². The van der Waals surface area contributed by atoms with Crippen molar-refractivity contribution in [1.82, 2.24) is 15.2 Å². The molecule has 1 unspecified atom stereocenters. The van der Waals surface area contributed by atoms with Crippen molar-refractivity contribution in [3.63, 3.8) is 0 Å². The Morgan fingerprint density at radius 2 is 2.00 bits per heavy atom. The predicted octanol–water partition coefficient (Wildman–Crippen LogP) is 2.26. The number of nitrogens with one attached hydrogen (secondary N) is 1. The van der Waals surface area contributed by atoms with Crippen molar-refractivity contribution in [3.05, 3.63) is 58.2 Å². The van der Waals surface area contributed by atoms with Crippen molar-refractivity contribution in [3.8, 4) is 0 Å². The monoisotopic (exact) mass is 562 g/mol. The summed E-state index contributed by atoms with van der Waals surface area (Å²) in [5.41, 5.74) is 0.162. The van der Waals surface area contributed by atoms with Gasteiger partial charge in [-0.15, -0.1) is 34.9 Å². The van der Waals surface area contributed by atoms with Crippen LogP contribution in [0.3, 0.4) is 0 Å². The van der Waals surface area contributed by atoms with Crippen LogP contribution < -0.4 is 5.32 Å². The summed E-state index contributed by atoms with van der Waals surface area (Å²) in [4.78, 5) is 60.8. The first kappa shape index (κ1) is 26.7. The van der Waals surface area contributed by atoms with Gasteiger partial charge in [-0.05, 0) is 31.6 Å². The van der Waals surface area contributed by atoms with Crippen LogP contribution in [0.2, 0.25) is 0 Å². The minimum atomic E-state index is -1.71. The van der Waals surface area contributed by atoms with E-state index in [9.17, 15) is 29.4 Å². The summed E-state index contributed by atoms with van der Waals surface area (Å²) >= 11 is 4.03. The molecular formula is C23H22N4O7S3. The third-order valence-electron chi connectivity index (χ3n) is 5.46. The second-order valence-corrected chi connectivity index (χ2v) is 11.3. The van der Waals surface area contributed by atoms with E-state index in [1.807, 2.05) is 30.3 Å². The van der Waals surface area contributed by atoms with Gasteiger partial charge in [-0.2, -0.15) is 0 Å². The van der Waals surface area contributed by atoms with Crippen molar-refractivity contribution in [1.29, 1.82) is 0 Å². The Labute approximate surface area is 224 Å². The van der Waals surface area contributed by atoms with E-state index in [1.54, 1.807) is 0 Å². The van der Waals surface area contributed by atoms with Crippen LogP contribution in [0.25, 0.3) is 0 Å². The first-order valence-electron chi connectivity index (χ1n) is 10.9. The van der Waals surface area contributed by atoms with Gasteiger partial charge in [0, 0.05) is 21.8 Å². The normalized spacial score (nSPS) is 19.7. The molecule has 14 heteroatoms. The molecule has 3 heterocycles. The molecule has 194 valence electrons. The molecule has 0 spiro atoms. The molecule has 2 amide bonds. The zero-order valence-electron chi connectivity index (χ0n) is 19.6. The van der Waals surface area contributed by atoms with Crippen LogP contribution in [0, 0.1) is 0 Å². The molecule has 37 heavy (non-hydrogen) atoms. The summed E-state index contributed by atoms with van der Waals surface area (Å²) < 4.78 is 0. The fourth-order valence-electron chi connectivity index (χ4n) is 3.42. The highest BCUT2D eigenvalue weighted by Gasteiger charge is 2.54. The van der Waals surface area contributed by atoms with Gasteiger partial charge in [0.2, 0.25) is 5.60 Å². The van der Waals surface area contributed by atoms with Gasteiger partial charge in [-0.1, -0.05) is 23.4 Å². The largest absolute Gasteiger partial charge is 0.478 e. The van der Waals surface area contributed by atoms with Crippen molar-refractivity contribution in [2.24, 2.45) is 5.16 Å². The van der Waals surface area contributed by atoms with Crippen LogP contribution in [-0.4, -0.2) is 78.1 Å². The highest BCUT2D eigenvalue weighted by Crippen LogP contribution is 2.41. The maximum Gasteiger partial charge on any atom is 0.352 e. The summed E-state index contributed by atoms with van der Waals surface area (Å²) in [7, 11) is 0. The fraction of sp³-hybridized carbons (Fsp3) is 0.304. The van der Waals surface area contributed by atoms with Crippen LogP contribution >= 0.6 is 34.9 Å². The fourth-order valence-corrected chi connectivity index (χ4v) is 6.37. The first-order valence-corrected chi connectivity index (χ1v) is 13.8. The number of carboxylic acid groups (broad SMARTS) is 2. The molecular weight excluding hydrogens is 540 g/mol. The van der Waals surface area contributed by atoms with E-state index in [0.29, 0.717) is 17.1 Å². The maximum atomic E-state index is 13.1. The van der Waals surface area contributed by atoms with Gasteiger partial charge in [-0.3, -0.25) is 14.5 Å². The SMILES string of the molecule is CC(C)(O/N=C(\C(=O)N[C@@H]1C(=O)N2C(C(=O)O)=C(CSc3ccccc3)CSC12)c1cscn1)C(=O)O. The van der Waals surface area contributed by atoms with Gasteiger partial charge < -0.3 is 20.4 Å². The first-order chi connectivity index (χ1) is 17.6. The lowest BCUT2D eigenvalue weighted by Crippen LogP contribution is -2.71. The lowest BCUT2D eigenvalue weighted by molar-refractivity contribution is -0.161. The van der Waals surface area contributed by atoms with E-state index in [2.05, 4.69) is 15.5 Å². The zero-order valence-corrected chi connectivity index (χ0v) is 22.1. The molecule has 0 bridgehead atoms. The Kier molecular flexibility index (Phi) is 7.90. The van der Waals surface area contributed by atoms with Crippen LogP contribution in [0.4, 0.5) is 0 Å². The molecule has 11 nitrogen and oxygen atoms in total. The molecule has 3 N–H and O–H groups in total. The number of hydrogen-bond acceptors (Lipinski definition) is 10. The summed E-state index contributed by atoms with van der Waals surface area (Å²) in [6.45, 7) is 2.55. The third-order valence-corrected chi connectivity index (χ3v) is 8.49. The number of carbonyl (C=O) groups excluding carboxylic acids is 2. The van der Waals surface area contributed by atoms with Crippen molar-refractivity contribution >= 4 is 64.3 Å². The number of carboxylic acids is 2. The number of amides is 2. The molecule has 4 rings (SSSR count). The Balaban J connectivity index is 1.50. The highest BCUT2D eigenvalue weighted by molar-refractivity contribution is 8.01. The number of β-lactam (4-membered cyclic amide) rings is 1. The Morgan fingerprint density at radius 3 is 2.62 bits per heavy atom. The van der Waals surface area contributed by atoms with Gasteiger partial charge in [0.05, 0.1) is 5.51 Å². The van der Waals surface area contributed by atoms with Gasteiger partial charge >= 0.3 is 11.9 Å². The lowest BCUT2D eigenvalue weighted by atomic mass is 10.0. The lowest BCUT2D eigenvalue weighted by Gasteiger charge is -2.49. The maximum absolute atomic E-state index is 13.1. The number of aliphatic carboxylic acids is 2. The van der Waals surface area contributed by atoms with E-state index in [1.165, 1.54) is 64.5 Å². The van der Waals surface area contributed by atoms with E-state index in [4.69, 9.17) is 4.84 Å². The van der Waals surface area contributed by atoms with Gasteiger partial charge in [0.15, 0.2) is 5.71 Å². The van der Waals surface area contributed by atoms with Crippen LogP contribution in [0.5, 0.6) is 0 Å². The van der Waals surface area contributed by atoms with E-state index in [-0.39, 0.29) is 17.1 Å². The number of thioether (sulfide) groups is 2. The molecule has 2 aliphatic heterocycles. The Bertz CT molecular complexity index is 1280. The average molecular weight is 563 g/mol. The molecule has 1 saturated heterocycles. The van der Waals surface area contributed by atoms with E-state index >= 15 is 0 Å². The number of carbonyl (C=O) groups is 4. The number of rotatable bonds is 10. The average Bonchev–Trinajstić information content (AvgIpc) is 3.40. The minimum absolute atomic E-state index is 0.0670. The molecule has 2 aliphatic rings. The standard InChI is InChI=1S/C23H22N4O7S3/c1-23(2,22(32)33)34-26-15(14-10-35-11-24-14)18(28)25-16-19(29)27-17(21(30)31)12(9-37-20(16)27)8-36-13-6-4-3-5-7-13/h3-7,10-11,16,20H,8-9H2,1-2H3,(H,25,28)(H,30,31)(H,32,33)/b26-15-/t16-,20?/m1/s1. The van der Waals surface area contributed by atoms with E-state index < -0.39 is 40.8 Å². The van der Waals surface area contributed by atoms with Crippen molar-refractivity contribution < 1.29 is 34.2 Å². The summed E-state index contributed by atoms with van der Waals surface area (Å²) in [5.74, 6) is -3.06. The van der Waals surface area contributed by atoms with Crippen LogP contribution in [0.1, 0.15) is 19.5 Å². The third kappa shape index (κ3) is 5.65. The van der Waals surface area contributed by atoms with E-state index in [0.717, 1.165) is 4.90 Å². The number of aromatic nitrogens is 1. The number of nitrogens with zero attached hydrogens (tertiary/aromatic N) is 3. The van der Waals surface area contributed by atoms with Gasteiger partial charge in [0.25, 0.3) is 11.8 Å². The van der Waals surface area contributed by atoms with Crippen LogP contribution in [-0.2, 0) is 24.0 Å². The number of hydrogen-bond donors (Lipinski definition) is 3. The number of benzene rings is 1. The topological polar surface area (TPSA) is 158 Å². The number of fused-ring (bicyclic) bond motifs is 1. The quantitative estimate of drug-likeness (QED) is 0.170. The van der Waals surface area contributed by atoms with Gasteiger partial charge in [0.1, 0.15) is 22.8 Å². The molecule has 0 saturated carbocycles. The molecule has 0 radical (unpaired) electrons. The number of oxime groups is 1. The summed E-state index contributed by atoms with van der Waals surface area (Å²) in [5, 5.41) is 26.4. The molecule has 1 fully saturated rings. The summed E-state index contributed by atoms with van der Waals surface area (Å²) in [6, 6.07) is 8.53. The zero-order chi connectivity index (χ0) is 26.7. The van der Waals surface area contributed by atoms with Crippen LogP contribution in [0.15, 0.2) is 62.5 Å².